The van der Waals surface area contributed by atoms with Crippen molar-refractivity contribution in [3.05, 3.63) is 48.2 Å². The number of carbonyl (C=O) groups is 1. The molecule has 1 aliphatic carbocycles. The van der Waals surface area contributed by atoms with E-state index in [0.717, 1.165) is 28.3 Å². The van der Waals surface area contributed by atoms with E-state index in [4.69, 9.17) is 4.42 Å². The summed E-state index contributed by atoms with van der Waals surface area (Å²) in [5.41, 5.74) is 1.82. The van der Waals surface area contributed by atoms with E-state index in [0.29, 0.717) is 18.4 Å². The van der Waals surface area contributed by atoms with Crippen molar-refractivity contribution in [2.24, 2.45) is 5.92 Å². The van der Waals surface area contributed by atoms with Crippen LogP contribution < -0.4 is 5.32 Å². The van der Waals surface area contributed by atoms with Crippen molar-refractivity contribution >= 4 is 27.6 Å². The Balaban J connectivity index is 1.60. The van der Waals surface area contributed by atoms with E-state index in [2.05, 4.69) is 30.4 Å². The first-order chi connectivity index (χ1) is 11.7. The number of furan rings is 1. The number of fused-ring (bicyclic) bond motifs is 3. The minimum absolute atomic E-state index is 0.101. The lowest BCUT2D eigenvalue weighted by Crippen LogP contribution is -2.41. The third-order valence-corrected chi connectivity index (χ3v) is 5.35. The van der Waals surface area contributed by atoms with Crippen LogP contribution in [-0.4, -0.2) is 11.9 Å². The SMILES string of the molecule is C[C@H]1CCCC[C@@H]1NC(=O)Cc1coc2ccc3ccccc3c12. The maximum atomic E-state index is 12.6. The molecular formula is C21H23NO2. The molecule has 0 spiro atoms. The van der Waals surface area contributed by atoms with Crippen LogP contribution in [0.2, 0.25) is 0 Å². The molecule has 1 amide bonds. The van der Waals surface area contributed by atoms with E-state index in [1.54, 1.807) is 6.26 Å². The molecule has 1 aromatic heterocycles. The zero-order chi connectivity index (χ0) is 16.5. The molecule has 1 N–H and O–H groups in total. The summed E-state index contributed by atoms with van der Waals surface area (Å²) in [6, 6.07) is 12.6. The molecule has 3 aromatic rings. The summed E-state index contributed by atoms with van der Waals surface area (Å²) in [5.74, 6) is 0.675. The molecule has 3 nitrogen and oxygen atoms in total. The predicted molar refractivity (Wildman–Crippen MR) is 97.0 cm³/mol. The van der Waals surface area contributed by atoms with Crippen LogP contribution in [0.4, 0.5) is 0 Å². The van der Waals surface area contributed by atoms with Gasteiger partial charge in [0.1, 0.15) is 5.58 Å². The Bertz CT molecular complexity index is 880. The number of hydrogen-bond donors (Lipinski definition) is 1. The van der Waals surface area contributed by atoms with Gasteiger partial charge in [0.15, 0.2) is 0 Å². The molecule has 1 aliphatic rings. The summed E-state index contributed by atoms with van der Waals surface area (Å²) in [4.78, 5) is 12.6. The minimum atomic E-state index is 0.101. The third-order valence-electron chi connectivity index (χ3n) is 5.35. The Hall–Kier alpha value is -2.29. The molecule has 0 saturated heterocycles. The van der Waals surface area contributed by atoms with Gasteiger partial charge in [0.05, 0.1) is 12.7 Å². The zero-order valence-corrected chi connectivity index (χ0v) is 14.0. The maximum absolute atomic E-state index is 12.6. The second kappa shape index (κ2) is 6.31. The molecule has 0 radical (unpaired) electrons. The van der Waals surface area contributed by atoms with E-state index in [-0.39, 0.29) is 5.91 Å². The van der Waals surface area contributed by atoms with Crippen molar-refractivity contribution in [3.63, 3.8) is 0 Å². The third kappa shape index (κ3) is 2.79. The molecule has 0 unspecified atom stereocenters. The van der Waals surface area contributed by atoms with Gasteiger partial charge in [-0.2, -0.15) is 0 Å². The molecule has 3 heteroatoms. The fourth-order valence-corrected chi connectivity index (χ4v) is 3.97. The molecule has 1 heterocycles. The van der Waals surface area contributed by atoms with Gasteiger partial charge >= 0.3 is 0 Å². The number of amides is 1. The molecule has 2 atom stereocenters. The molecule has 24 heavy (non-hydrogen) atoms. The zero-order valence-electron chi connectivity index (χ0n) is 14.0. The largest absolute Gasteiger partial charge is 0.464 e. The van der Waals surface area contributed by atoms with Crippen LogP contribution >= 0.6 is 0 Å². The average Bonchev–Trinajstić information content (AvgIpc) is 3.00. The number of nitrogens with one attached hydrogen (secondary N) is 1. The Morgan fingerprint density at radius 2 is 2.00 bits per heavy atom. The molecule has 4 rings (SSSR count). The number of carbonyl (C=O) groups excluding carboxylic acids is 1. The Kier molecular flexibility index (Phi) is 4.01. The molecule has 0 bridgehead atoms. The second-order valence-electron chi connectivity index (χ2n) is 7.03. The standard InChI is InChI=1S/C21H23NO2/c1-14-6-2-5-9-18(14)22-20(23)12-16-13-24-19-11-10-15-7-3-4-8-17(15)21(16)19/h3-4,7-8,10-11,13-14,18H,2,5-6,9,12H2,1H3,(H,22,23)/t14-,18-/m0/s1. The van der Waals surface area contributed by atoms with Gasteiger partial charge in [-0.25, -0.2) is 0 Å². The highest BCUT2D eigenvalue weighted by molar-refractivity contribution is 6.08. The van der Waals surface area contributed by atoms with Gasteiger partial charge in [-0.1, -0.05) is 50.1 Å². The first-order valence-electron chi connectivity index (χ1n) is 8.89. The average molecular weight is 321 g/mol. The number of benzene rings is 2. The summed E-state index contributed by atoms with van der Waals surface area (Å²) in [6.07, 6.45) is 6.93. The van der Waals surface area contributed by atoms with Gasteiger partial charge in [-0.05, 0) is 35.6 Å². The maximum Gasteiger partial charge on any atom is 0.224 e. The molecular weight excluding hydrogens is 298 g/mol. The van der Waals surface area contributed by atoms with Crippen LogP contribution in [0, 0.1) is 5.92 Å². The van der Waals surface area contributed by atoms with Gasteiger partial charge in [-0.15, -0.1) is 0 Å². The first-order valence-corrected chi connectivity index (χ1v) is 8.89. The summed E-state index contributed by atoms with van der Waals surface area (Å²) < 4.78 is 5.69. The lowest BCUT2D eigenvalue weighted by Gasteiger charge is -2.29. The van der Waals surface area contributed by atoms with Gasteiger partial charge in [0.25, 0.3) is 0 Å². The molecule has 2 aromatic carbocycles. The van der Waals surface area contributed by atoms with Crippen LogP contribution in [0.1, 0.15) is 38.2 Å². The highest BCUT2D eigenvalue weighted by Gasteiger charge is 2.23. The van der Waals surface area contributed by atoms with Gasteiger partial charge < -0.3 is 9.73 Å². The van der Waals surface area contributed by atoms with Crippen molar-refractivity contribution in [1.29, 1.82) is 0 Å². The highest BCUT2D eigenvalue weighted by atomic mass is 16.3. The summed E-state index contributed by atoms with van der Waals surface area (Å²) in [5, 5.41) is 6.63. The fraction of sp³-hybridized carbons (Fsp3) is 0.381. The molecule has 1 saturated carbocycles. The van der Waals surface area contributed by atoms with Crippen LogP contribution in [0.15, 0.2) is 47.1 Å². The van der Waals surface area contributed by atoms with Crippen molar-refractivity contribution in [2.75, 3.05) is 0 Å². The number of rotatable bonds is 3. The van der Waals surface area contributed by atoms with E-state index < -0.39 is 0 Å². The normalized spacial score (nSPS) is 21.2. The summed E-state index contributed by atoms with van der Waals surface area (Å²) >= 11 is 0. The predicted octanol–water partition coefficient (Wildman–Crippen LogP) is 4.82. The molecule has 1 fully saturated rings. The van der Waals surface area contributed by atoms with E-state index in [9.17, 15) is 4.79 Å². The Morgan fingerprint density at radius 1 is 1.17 bits per heavy atom. The fourth-order valence-electron chi connectivity index (χ4n) is 3.97. The highest BCUT2D eigenvalue weighted by Crippen LogP contribution is 2.30. The van der Waals surface area contributed by atoms with Crippen molar-refractivity contribution in [1.82, 2.24) is 5.32 Å². The van der Waals surface area contributed by atoms with Crippen LogP contribution in [-0.2, 0) is 11.2 Å². The van der Waals surface area contributed by atoms with Crippen LogP contribution in [0.3, 0.4) is 0 Å². The summed E-state index contributed by atoms with van der Waals surface area (Å²) in [6.45, 7) is 2.24. The van der Waals surface area contributed by atoms with Gasteiger partial charge in [0, 0.05) is 17.0 Å². The quantitative estimate of drug-likeness (QED) is 0.751. The van der Waals surface area contributed by atoms with Crippen LogP contribution in [0.5, 0.6) is 0 Å². The topological polar surface area (TPSA) is 42.2 Å². The van der Waals surface area contributed by atoms with E-state index >= 15 is 0 Å². The molecule has 124 valence electrons. The van der Waals surface area contributed by atoms with Crippen molar-refractivity contribution in [3.8, 4) is 0 Å². The van der Waals surface area contributed by atoms with Crippen LogP contribution in [0.25, 0.3) is 21.7 Å². The second-order valence-corrected chi connectivity index (χ2v) is 7.03. The van der Waals surface area contributed by atoms with Crippen molar-refractivity contribution < 1.29 is 9.21 Å². The minimum Gasteiger partial charge on any atom is -0.464 e. The molecule has 0 aliphatic heterocycles. The summed E-state index contributed by atoms with van der Waals surface area (Å²) in [7, 11) is 0. The van der Waals surface area contributed by atoms with E-state index in [1.807, 2.05) is 18.2 Å². The van der Waals surface area contributed by atoms with Crippen molar-refractivity contribution in [2.45, 2.75) is 45.1 Å². The number of hydrogen-bond acceptors (Lipinski definition) is 2. The Labute approximate surface area is 142 Å². The lowest BCUT2D eigenvalue weighted by molar-refractivity contribution is -0.121. The Morgan fingerprint density at radius 3 is 2.88 bits per heavy atom. The van der Waals surface area contributed by atoms with E-state index in [1.165, 1.54) is 24.6 Å². The lowest BCUT2D eigenvalue weighted by atomic mass is 9.86. The smallest absolute Gasteiger partial charge is 0.224 e. The van der Waals surface area contributed by atoms with Gasteiger partial charge in [0.2, 0.25) is 5.91 Å². The first kappa shape index (κ1) is 15.3. The van der Waals surface area contributed by atoms with Gasteiger partial charge in [-0.3, -0.25) is 4.79 Å². The monoisotopic (exact) mass is 321 g/mol.